The van der Waals surface area contributed by atoms with Gasteiger partial charge in [-0.1, -0.05) is 18.2 Å². The summed E-state index contributed by atoms with van der Waals surface area (Å²) in [5, 5.41) is 24.2. The number of benzene rings is 2. The van der Waals surface area contributed by atoms with Gasteiger partial charge in [0.2, 0.25) is 0 Å². The standard InChI is InChI=1S/C24H30N2O5/c1-30-18-9-7-16(8-10-18)24(29)25-20-15-21(31-19-5-3-2-4-6-19)23(28)22(20)26-13-11-17(27)12-14-26/h2-10,17,20-23,27-28H,11-15H2,1H3,(H,25,29)/t20-,21-,22+,23+/m1/s1. The molecule has 7 heteroatoms. The van der Waals surface area contributed by atoms with Crippen molar-refractivity contribution in [1.82, 2.24) is 10.2 Å². The molecule has 0 unspecified atom stereocenters. The number of likely N-dealkylation sites (tertiary alicyclic amines) is 1. The zero-order valence-electron chi connectivity index (χ0n) is 17.7. The number of hydrogen-bond acceptors (Lipinski definition) is 6. The fourth-order valence-corrected chi connectivity index (χ4v) is 4.57. The third kappa shape index (κ3) is 5.01. The van der Waals surface area contributed by atoms with Gasteiger partial charge in [0.25, 0.3) is 5.91 Å². The Kier molecular flexibility index (Phi) is 6.75. The van der Waals surface area contributed by atoms with Crippen molar-refractivity contribution < 1.29 is 24.5 Å². The van der Waals surface area contributed by atoms with E-state index < -0.39 is 12.2 Å². The minimum Gasteiger partial charge on any atom is -0.497 e. The number of aliphatic hydroxyl groups is 2. The van der Waals surface area contributed by atoms with Gasteiger partial charge in [-0.15, -0.1) is 0 Å². The summed E-state index contributed by atoms with van der Waals surface area (Å²) in [7, 11) is 1.59. The summed E-state index contributed by atoms with van der Waals surface area (Å²) >= 11 is 0. The van der Waals surface area contributed by atoms with Crippen molar-refractivity contribution in [1.29, 1.82) is 0 Å². The van der Waals surface area contributed by atoms with Crippen molar-refractivity contribution in [2.45, 2.75) is 49.7 Å². The Labute approximate surface area is 182 Å². The molecular formula is C24H30N2O5. The average Bonchev–Trinajstić information content (AvgIpc) is 3.09. The normalized spacial score (nSPS) is 27.1. The van der Waals surface area contributed by atoms with Crippen LogP contribution < -0.4 is 14.8 Å². The molecule has 7 nitrogen and oxygen atoms in total. The van der Waals surface area contributed by atoms with Crippen molar-refractivity contribution in [2.24, 2.45) is 0 Å². The number of nitrogens with zero attached hydrogens (tertiary/aromatic N) is 1. The van der Waals surface area contributed by atoms with Crippen LogP contribution in [0.25, 0.3) is 0 Å². The van der Waals surface area contributed by atoms with E-state index in [1.165, 1.54) is 0 Å². The highest BCUT2D eigenvalue weighted by atomic mass is 16.5. The highest BCUT2D eigenvalue weighted by Gasteiger charge is 2.48. The number of piperidine rings is 1. The van der Waals surface area contributed by atoms with E-state index in [4.69, 9.17) is 9.47 Å². The lowest BCUT2D eigenvalue weighted by Crippen LogP contribution is -2.55. The maximum absolute atomic E-state index is 12.9. The number of hydrogen-bond donors (Lipinski definition) is 3. The Morgan fingerprint density at radius 1 is 1.00 bits per heavy atom. The molecule has 1 amide bonds. The molecule has 4 rings (SSSR count). The maximum atomic E-state index is 12.9. The van der Waals surface area contributed by atoms with Crippen LogP contribution in [0.15, 0.2) is 54.6 Å². The van der Waals surface area contributed by atoms with E-state index in [0.717, 1.165) is 0 Å². The number of rotatable bonds is 6. The van der Waals surface area contributed by atoms with Crippen LogP contribution in [0, 0.1) is 0 Å². The number of amides is 1. The summed E-state index contributed by atoms with van der Waals surface area (Å²) in [6.45, 7) is 1.35. The molecule has 0 aromatic heterocycles. The molecule has 4 atom stereocenters. The van der Waals surface area contributed by atoms with E-state index in [9.17, 15) is 15.0 Å². The summed E-state index contributed by atoms with van der Waals surface area (Å²) in [6, 6.07) is 15.8. The van der Waals surface area contributed by atoms with Crippen molar-refractivity contribution in [3.8, 4) is 11.5 Å². The van der Waals surface area contributed by atoms with E-state index in [1.54, 1.807) is 31.4 Å². The van der Waals surface area contributed by atoms with Gasteiger partial charge in [-0.3, -0.25) is 9.69 Å². The fraction of sp³-hybridized carbons (Fsp3) is 0.458. The first-order valence-electron chi connectivity index (χ1n) is 10.8. The van der Waals surface area contributed by atoms with Crippen molar-refractivity contribution in [3.05, 3.63) is 60.2 Å². The molecule has 2 aromatic carbocycles. The molecule has 0 bridgehead atoms. The van der Waals surface area contributed by atoms with Gasteiger partial charge in [-0.2, -0.15) is 0 Å². The van der Waals surface area contributed by atoms with Gasteiger partial charge >= 0.3 is 0 Å². The number of ether oxygens (including phenoxy) is 2. The Bertz CT molecular complexity index is 852. The van der Waals surface area contributed by atoms with E-state index in [0.29, 0.717) is 49.4 Å². The molecule has 1 aliphatic heterocycles. The number of aliphatic hydroxyl groups excluding tert-OH is 2. The summed E-state index contributed by atoms with van der Waals surface area (Å²) in [5.41, 5.74) is 0.538. The van der Waals surface area contributed by atoms with Gasteiger partial charge in [0.15, 0.2) is 0 Å². The minimum absolute atomic E-state index is 0.192. The first kappa shape index (κ1) is 21.6. The van der Waals surface area contributed by atoms with Gasteiger partial charge in [-0.25, -0.2) is 0 Å². The Hall–Kier alpha value is -2.61. The third-order valence-corrected chi connectivity index (χ3v) is 6.25. The first-order valence-corrected chi connectivity index (χ1v) is 10.8. The minimum atomic E-state index is -0.753. The van der Waals surface area contributed by atoms with Gasteiger partial charge in [0.05, 0.1) is 25.3 Å². The molecule has 0 spiro atoms. The van der Waals surface area contributed by atoms with Gasteiger partial charge in [-0.05, 0) is 49.2 Å². The Balaban J connectivity index is 1.51. The van der Waals surface area contributed by atoms with Crippen LogP contribution in [0.1, 0.15) is 29.6 Å². The van der Waals surface area contributed by atoms with Gasteiger partial charge < -0.3 is 25.0 Å². The van der Waals surface area contributed by atoms with Crippen LogP contribution in [0.2, 0.25) is 0 Å². The van der Waals surface area contributed by atoms with Crippen LogP contribution in [0.4, 0.5) is 0 Å². The van der Waals surface area contributed by atoms with E-state index >= 15 is 0 Å². The molecule has 2 fully saturated rings. The predicted octanol–water partition coefficient (Wildman–Crippen LogP) is 1.83. The van der Waals surface area contributed by atoms with Crippen molar-refractivity contribution >= 4 is 5.91 Å². The SMILES string of the molecule is COc1ccc(C(=O)N[C@@H]2C[C@@H](Oc3ccccc3)[C@H](O)[C@H]2N2CCC(O)CC2)cc1. The lowest BCUT2D eigenvalue weighted by Gasteiger charge is -2.38. The topological polar surface area (TPSA) is 91.3 Å². The molecule has 166 valence electrons. The predicted molar refractivity (Wildman–Crippen MR) is 116 cm³/mol. The molecular weight excluding hydrogens is 396 g/mol. The molecule has 1 aliphatic carbocycles. The zero-order chi connectivity index (χ0) is 21.8. The monoisotopic (exact) mass is 426 g/mol. The molecule has 31 heavy (non-hydrogen) atoms. The molecule has 0 radical (unpaired) electrons. The second-order valence-electron chi connectivity index (χ2n) is 8.26. The molecule has 3 N–H and O–H groups in total. The number of nitrogens with one attached hydrogen (secondary N) is 1. The average molecular weight is 427 g/mol. The molecule has 1 saturated carbocycles. The summed E-state index contributed by atoms with van der Waals surface area (Å²) < 4.78 is 11.2. The zero-order valence-corrected chi connectivity index (χ0v) is 17.7. The lowest BCUT2D eigenvalue weighted by atomic mass is 10.0. The van der Waals surface area contributed by atoms with Crippen LogP contribution in [0.5, 0.6) is 11.5 Å². The highest BCUT2D eigenvalue weighted by Crippen LogP contribution is 2.31. The Morgan fingerprint density at radius 3 is 2.32 bits per heavy atom. The summed E-state index contributed by atoms with van der Waals surface area (Å²) in [4.78, 5) is 15.1. The lowest BCUT2D eigenvalue weighted by molar-refractivity contribution is -0.0145. The van der Waals surface area contributed by atoms with E-state index in [1.807, 2.05) is 30.3 Å². The van der Waals surface area contributed by atoms with Crippen LogP contribution >= 0.6 is 0 Å². The molecule has 1 saturated heterocycles. The van der Waals surface area contributed by atoms with Gasteiger partial charge in [0.1, 0.15) is 23.7 Å². The fourth-order valence-electron chi connectivity index (χ4n) is 4.57. The number of carbonyl (C=O) groups is 1. The first-order chi connectivity index (χ1) is 15.0. The van der Waals surface area contributed by atoms with Crippen LogP contribution in [0.3, 0.4) is 0 Å². The molecule has 1 heterocycles. The smallest absolute Gasteiger partial charge is 0.251 e. The van der Waals surface area contributed by atoms with Gasteiger partial charge in [0, 0.05) is 25.1 Å². The van der Waals surface area contributed by atoms with E-state index in [-0.39, 0.29) is 24.1 Å². The molecule has 2 aromatic rings. The number of carbonyl (C=O) groups excluding carboxylic acids is 1. The number of para-hydroxylation sites is 1. The summed E-state index contributed by atoms with van der Waals surface area (Å²) in [6.07, 6.45) is 0.330. The van der Waals surface area contributed by atoms with E-state index in [2.05, 4.69) is 10.2 Å². The Morgan fingerprint density at radius 2 is 1.68 bits per heavy atom. The number of methoxy groups -OCH3 is 1. The van der Waals surface area contributed by atoms with Crippen LogP contribution in [-0.2, 0) is 0 Å². The largest absolute Gasteiger partial charge is 0.497 e. The van der Waals surface area contributed by atoms with Crippen LogP contribution in [-0.4, -0.2) is 71.6 Å². The maximum Gasteiger partial charge on any atom is 0.251 e. The quantitative estimate of drug-likeness (QED) is 0.653. The van der Waals surface area contributed by atoms with Crippen molar-refractivity contribution in [2.75, 3.05) is 20.2 Å². The summed E-state index contributed by atoms with van der Waals surface area (Å²) in [5.74, 6) is 1.19. The molecule has 2 aliphatic rings. The highest BCUT2D eigenvalue weighted by molar-refractivity contribution is 5.94. The second-order valence-corrected chi connectivity index (χ2v) is 8.26. The second kappa shape index (κ2) is 9.68. The van der Waals surface area contributed by atoms with Crippen molar-refractivity contribution in [3.63, 3.8) is 0 Å². The third-order valence-electron chi connectivity index (χ3n) is 6.25.